The number of nitriles is 1. The summed E-state index contributed by atoms with van der Waals surface area (Å²) in [6.07, 6.45) is 0.461. The van der Waals surface area contributed by atoms with E-state index in [2.05, 4.69) is 0 Å². The van der Waals surface area contributed by atoms with Gasteiger partial charge in [-0.1, -0.05) is 41.4 Å². The Balaban J connectivity index is 2.08. The van der Waals surface area contributed by atoms with E-state index in [1.807, 2.05) is 13.0 Å². The van der Waals surface area contributed by atoms with E-state index in [1.165, 1.54) is 12.1 Å². The number of aryl methyl sites for hydroxylation is 1. The first-order chi connectivity index (χ1) is 11.4. The molecule has 1 aliphatic carbocycles. The van der Waals surface area contributed by atoms with E-state index in [1.54, 1.807) is 36.4 Å². The molecule has 3 unspecified atom stereocenters. The van der Waals surface area contributed by atoms with E-state index in [4.69, 9.17) is 11.6 Å². The Morgan fingerprint density at radius 3 is 2.21 bits per heavy atom. The number of aldehydes is 1. The molecule has 3 atom stereocenters. The molecule has 0 radical (unpaired) electrons. The van der Waals surface area contributed by atoms with Gasteiger partial charge in [0.25, 0.3) is 0 Å². The molecule has 0 spiro atoms. The zero-order valence-corrected chi connectivity index (χ0v) is 14.4. The van der Waals surface area contributed by atoms with Gasteiger partial charge in [-0.2, -0.15) is 5.26 Å². The zero-order chi connectivity index (χ0) is 17.5. The van der Waals surface area contributed by atoms with E-state index in [9.17, 15) is 18.5 Å². The van der Waals surface area contributed by atoms with Crippen molar-refractivity contribution >= 4 is 27.7 Å². The maximum atomic E-state index is 13.0. The molecule has 0 N–H and O–H groups in total. The average molecular weight is 360 g/mol. The normalized spacial score (nSPS) is 25.7. The van der Waals surface area contributed by atoms with Crippen molar-refractivity contribution in [1.29, 1.82) is 5.26 Å². The molecule has 24 heavy (non-hydrogen) atoms. The summed E-state index contributed by atoms with van der Waals surface area (Å²) in [5, 5.41) is 8.91. The molecule has 0 bridgehead atoms. The van der Waals surface area contributed by atoms with Crippen molar-refractivity contribution in [2.45, 2.75) is 23.0 Å². The first-order valence-corrected chi connectivity index (χ1v) is 9.23. The fraction of sp³-hybridized carbons (Fsp3) is 0.222. The lowest BCUT2D eigenvalue weighted by molar-refractivity contribution is -0.110. The molecule has 4 nitrogen and oxygen atoms in total. The van der Waals surface area contributed by atoms with Crippen LogP contribution in [0.15, 0.2) is 53.4 Å². The summed E-state index contributed by atoms with van der Waals surface area (Å²) in [6, 6.07) is 14.9. The Labute approximate surface area is 145 Å². The fourth-order valence-corrected chi connectivity index (χ4v) is 5.47. The SMILES string of the molecule is Cc1ccc(S(=O)(=O)C2C(c3ccc(Cl)cc3)C2(C#N)C=O)cc1. The molecule has 2 aromatic carbocycles. The van der Waals surface area contributed by atoms with Crippen LogP contribution in [0.25, 0.3) is 0 Å². The lowest BCUT2D eigenvalue weighted by Crippen LogP contribution is -2.16. The Kier molecular flexibility index (Phi) is 3.98. The highest BCUT2D eigenvalue weighted by molar-refractivity contribution is 7.92. The average Bonchev–Trinajstić information content (AvgIpc) is 3.26. The number of rotatable bonds is 4. The van der Waals surface area contributed by atoms with Crippen LogP contribution in [0.1, 0.15) is 17.0 Å². The van der Waals surface area contributed by atoms with Crippen LogP contribution in [-0.4, -0.2) is 20.0 Å². The van der Waals surface area contributed by atoms with Gasteiger partial charge in [0.1, 0.15) is 17.0 Å². The second-order valence-corrected chi connectivity index (χ2v) is 8.48. The van der Waals surface area contributed by atoms with Crippen molar-refractivity contribution in [3.63, 3.8) is 0 Å². The highest BCUT2D eigenvalue weighted by Gasteiger charge is 2.72. The Bertz CT molecular complexity index is 930. The molecule has 6 heteroatoms. The first-order valence-electron chi connectivity index (χ1n) is 7.30. The second-order valence-electron chi connectivity index (χ2n) is 5.97. The minimum absolute atomic E-state index is 0.121. The molecule has 0 aromatic heterocycles. The summed E-state index contributed by atoms with van der Waals surface area (Å²) < 4.78 is 25.9. The van der Waals surface area contributed by atoms with Crippen molar-refractivity contribution in [1.82, 2.24) is 0 Å². The van der Waals surface area contributed by atoms with Crippen molar-refractivity contribution in [3.8, 4) is 6.07 Å². The summed E-state index contributed by atoms with van der Waals surface area (Å²) in [5.74, 6) is -0.691. The lowest BCUT2D eigenvalue weighted by Gasteiger charge is -2.05. The van der Waals surface area contributed by atoms with Crippen LogP contribution in [0.5, 0.6) is 0 Å². The third-order valence-electron chi connectivity index (χ3n) is 4.48. The van der Waals surface area contributed by atoms with Gasteiger partial charge in [0.2, 0.25) is 0 Å². The molecule has 1 fully saturated rings. The molecule has 0 heterocycles. The van der Waals surface area contributed by atoms with Crippen molar-refractivity contribution in [2.24, 2.45) is 5.41 Å². The van der Waals surface area contributed by atoms with Crippen LogP contribution < -0.4 is 0 Å². The summed E-state index contributed by atoms with van der Waals surface area (Å²) in [4.78, 5) is 11.7. The minimum Gasteiger partial charge on any atom is -0.302 e. The number of sulfone groups is 1. The molecule has 122 valence electrons. The van der Waals surface area contributed by atoms with Gasteiger partial charge in [-0.15, -0.1) is 0 Å². The fourth-order valence-electron chi connectivity index (χ4n) is 3.11. The highest BCUT2D eigenvalue weighted by atomic mass is 35.5. The summed E-state index contributed by atoms with van der Waals surface area (Å²) in [6.45, 7) is 1.86. The monoisotopic (exact) mass is 359 g/mol. The molecular formula is C18H14ClNO3S. The van der Waals surface area contributed by atoms with Crippen LogP contribution in [0, 0.1) is 23.7 Å². The number of halogens is 1. The molecular weight excluding hydrogens is 346 g/mol. The number of carbonyl (C=O) groups excluding carboxylic acids is 1. The van der Waals surface area contributed by atoms with Crippen molar-refractivity contribution in [3.05, 3.63) is 64.7 Å². The molecule has 0 amide bonds. The molecule has 0 aliphatic heterocycles. The van der Waals surface area contributed by atoms with Crippen LogP contribution in [0.2, 0.25) is 5.02 Å². The van der Waals surface area contributed by atoms with Crippen molar-refractivity contribution < 1.29 is 13.2 Å². The van der Waals surface area contributed by atoms with Gasteiger partial charge in [0.15, 0.2) is 9.84 Å². The van der Waals surface area contributed by atoms with Crippen LogP contribution in [0.3, 0.4) is 0 Å². The van der Waals surface area contributed by atoms with E-state index in [0.717, 1.165) is 5.56 Å². The summed E-state index contributed by atoms with van der Waals surface area (Å²) in [5.41, 5.74) is -0.00737. The Hall–Kier alpha value is -2.16. The van der Waals surface area contributed by atoms with Gasteiger partial charge in [0.05, 0.1) is 11.0 Å². The Morgan fingerprint density at radius 1 is 1.12 bits per heavy atom. The largest absolute Gasteiger partial charge is 0.302 e. The van der Waals surface area contributed by atoms with Gasteiger partial charge in [-0.3, -0.25) is 0 Å². The standard InChI is InChI=1S/C18H14ClNO3S/c1-12-2-8-15(9-3-12)24(22,23)17-16(18(17,10-20)11-21)13-4-6-14(19)7-5-13/h2-9,11,16-17H,1H3. The molecule has 1 saturated carbocycles. The number of hydrogen-bond donors (Lipinski definition) is 0. The van der Waals surface area contributed by atoms with E-state index < -0.39 is 26.4 Å². The number of benzene rings is 2. The summed E-state index contributed by atoms with van der Waals surface area (Å²) >= 11 is 5.86. The number of hydrogen-bond acceptors (Lipinski definition) is 4. The van der Waals surface area contributed by atoms with Gasteiger partial charge in [0, 0.05) is 10.9 Å². The quantitative estimate of drug-likeness (QED) is 0.785. The smallest absolute Gasteiger partial charge is 0.183 e. The topological polar surface area (TPSA) is 75.0 Å². The third kappa shape index (κ3) is 2.43. The maximum absolute atomic E-state index is 13.0. The van der Waals surface area contributed by atoms with Crippen LogP contribution >= 0.6 is 11.6 Å². The van der Waals surface area contributed by atoms with Gasteiger partial charge >= 0.3 is 0 Å². The van der Waals surface area contributed by atoms with Gasteiger partial charge in [-0.05, 0) is 36.8 Å². The lowest BCUT2D eigenvalue weighted by atomic mass is 10.0. The van der Waals surface area contributed by atoms with E-state index in [-0.39, 0.29) is 4.90 Å². The number of carbonyl (C=O) groups is 1. The maximum Gasteiger partial charge on any atom is 0.183 e. The van der Waals surface area contributed by atoms with Crippen molar-refractivity contribution in [2.75, 3.05) is 0 Å². The second kappa shape index (κ2) is 5.73. The molecule has 1 aliphatic rings. The van der Waals surface area contributed by atoms with Gasteiger partial charge in [-0.25, -0.2) is 8.42 Å². The molecule has 0 saturated heterocycles. The molecule has 3 rings (SSSR count). The van der Waals surface area contributed by atoms with Crippen LogP contribution in [-0.2, 0) is 14.6 Å². The zero-order valence-electron chi connectivity index (χ0n) is 12.8. The van der Waals surface area contributed by atoms with Gasteiger partial charge < -0.3 is 4.79 Å². The third-order valence-corrected chi connectivity index (χ3v) is 6.99. The van der Waals surface area contributed by atoms with Crippen LogP contribution in [0.4, 0.5) is 0 Å². The minimum atomic E-state index is -3.81. The predicted octanol–water partition coefficient (Wildman–Crippen LogP) is 3.30. The predicted molar refractivity (Wildman–Crippen MR) is 90.5 cm³/mol. The molecule has 2 aromatic rings. The first kappa shape index (κ1) is 16.7. The summed E-state index contributed by atoms with van der Waals surface area (Å²) in [7, 11) is -3.81. The Morgan fingerprint density at radius 2 is 1.71 bits per heavy atom. The van der Waals surface area contributed by atoms with E-state index >= 15 is 0 Å². The highest BCUT2D eigenvalue weighted by Crippen LogP contribution is 2.62. The number of nitrogens with zero attached hydrogens (tertiary/aromatic N) is 1. The van der Waals surface area contributed by atoms with E-state index in [0.29, 0.717) is 16.9 Å².